The summed E-state index contributed by atoms with van der Waals surface area (Å²) < 4.78 is 53.1. The lowest BCUT2D eigenvalue weighted by Crippen LogP contribution is -2.32. The molecule has 2 aliphatic rings. The Labute approximate surface area is 164 Å². The van der Waals surface area contributed by atoms with Crippen molar-refractivity contribution in [2.75, 3.05) is 18.5 Å². The topological polar surface area (TPSA) is 78.3 Å². The first-order chi connectivity index (χ1) is 13.9. The van der Waals surface area contributed by atoms with Crippen LogP contribution in [0.15, 0.2) is 41.9 Å². The molecule has 0 aliphatic carbocycles. The van der Waals surface area contributed by atoms with Crippen LogP contribution in [0.1, 0.15) is 36.9 Å². The number of esters is 1. The molecule has 1 aromatic carbocycles. The van der Waals surface area contributed by atoms with E-state index in [2.05, 4.69) is 15.4 Å². The van der Waals surface area contributed by atoms with Gasteiger partial charge in [-0.25, -0.2) is 9.48 Å². The summed E-state index contributed by atoms with van der Waals surface area (Å²) in [6, 6.07) is 4.00. The van der Waals surface area contributed by atoms with Gasteiger partial charge in [0.25, 0.3) is 0 Å². The van der Waals surface area contributed by atoms with Crippen LogP contribution in [0.25, 0.3) is 0 Å². The molecule has 154 valence electrons. The second-order valence-electron chi connectivity index (χ2n) is 6.91. The molecule has 2 atom stereocenters. The Morgan fingerprint density at radius 1 is 1.38 bits per heavy atom. The zero-order valence-corrected chi connectivity index (χ0v) is 15.6. The van der Waals surface area contributed by atoms with Crippen LogP contribution in [0.2, 0.25) is 0 Å². The van der Waals surface area contributed by atoms with E-state index < -0.39 is 23.8 Å². The maximum atomic E-state index is 13.7. The van der Waals surface area contributed by atoms with Crippen molar-refractivity contribution in [2.24, 2.45) is 0 Å². The second-order valence-corrected chi connectivity index (χ2v) is 6.91. The van der Waals surface area contributed by atoms with Gasteiger partial charge in [-0.05, 0) is 31.4 Å². The van der Waals surface area contributed by atoms with Gasteiger partial charge in [0.1, 0.15) is 19.0 Å². The Morgan fingerprint density at radius 3 is 2.90 bits per heavy atom. The number of halogens is 3. The molecule has 2 aliphatic heterocycles. The van der Waals surface area contributed by atoms with Crippen LogP contribution in [-0.2, 0) is 20.4 Å². The average molecular weight is 408 g/mol. The largest absolute Gasteiger partial charge is 0.459 e. The van der Waals surface area contributed by atoms with E-state index in [0.717, 1.165) is 18.9 Å². The van der Waals surface area contributed by atoms with Crippen molar-refractivity contribution in [3.05, 3.63) is 53.0 Å². The van der Waals surface area contributed by atoms with Crippen LogP contribution in [0.5, 0.6) is 0 Å². The molecule has 7 nitrogen and oxygen atoms in total. The number of hydrogen-bond acceptors (Lipinski definition) is 6. The van der Waals surface area contributed by atoms with Gasteiger partial charge in [0.15, 0.2) is 0 Å². The molecular formula is C19H19F3N4O3. The Bertz CT molecular complexity index is 948. The number of alkyl halides is 3. The monoisotopic (exact) mass is 408 g/mol. The number of fused-ring (bicyclic) bond motifs is 1. The lowest BCUT2D eigenvalue weighted by Gasteiger charge is -2.30. The number of nitrogens with one attached hydrogen (secondary N) is 1. The van der Waals surface area contributed by atoms with Gasteiger partial charge in [-0.2, -0.15) is 23.3 Å². The maximum absolute atomic E-state index is 13.7. The van der Waals surface area contributed by atoms with Gasteiger partial charge in [-0.3, -0.25) is 0 Å². The summed E-state index contributed by atoms with van der Waals surface area (Å²) in [6.07, 6.45) is -1.91. The van der Waals surface area contributed by atoms with Crippen molar-refractivity contribution in [1.82, 2.24) is 14.8 Å². The Hall–Kier alpha value is -2.88. The van der Waals surface area contributed by atoms with Crippen LogP contribution in [-0.4, -0.2) is 40.1 Å². The first kappa shape index (κ1) is 19.4. The number of aromatic nitrogens is 3. The van der Waals surface area contributed by atoms with Crippen molar-refractivity contribution in [3.63, 3.8) is 0 Å². The number of benzene rings is 1. The van der Waals surface area contributed by atoms with Crippen molar-refractivity contribution in [2.45, 2.75) is 38.1 Å². The summed E-state index contributed by atoms with van der Waals surface area (Å²) in [4.78, 5) is 17.0. The molecule has 1 aromatic heterocycles. The van der Waals surface area contributed by atoms with Crippen LogP contribution in [0.3, 0.4) is 0 Å². The fraction of sp³-hybridized carbons (Fsp3) is 0.421. The Balaban J connectivity index is 1.74. The summed E-state index contributed by atoms with van der Waals surface area (Å²) >= 11 is 0. The molecule has 1 saturated heterocycles. The van der Waals surface area contributed by atoms with Crippen LogP contribution < -0.4 is 5.32 Å². The molecule has 0 bridgehead atoms. The van der Waals surface area contributed by atoms with Gasteiger partial charge in [0.05, 0.1) is 17.2 Å². The van der Waals surface area contributed by atoms with Crippen molar-refractivity contribution in [3.8, 4) is 0 Å². The lowest BCUT2D eigenvalue weighted by atomic mass is 9.92. The number of carbonyl (C=O) groups excluding carboxylic acids is 1. The minimum absolute atomic E-state index is 0.0491. The van der Waals surface area contributed by atoms with E-state index in [1.54, 1.807) is 6.92 Å². The minimum atomic E-state index is -4.59. The molecule has 4 rings (SSSR count). The van der Waals surface area contributed by atoms with Crippen molar-refractivity contribution >= 4 is 11.9 Å². The number of allylic oxidation sites excluding steroid dienone is 1. The van der Waals surface area contributed by atoms with Crippen LogP contribution in [0, 0.1) is 0 Å². The molecule has 29 heavy (non-hydrogen) atoms. The molecule has 0 unspecified atom stereocenters. The van der Waals surface area contributed by atoms with E-state index in [9.17, 15) is 18.0 Å². The molecule has 1 N–H and O–H groups in total. The van der Waals surface area contributed by atoms with Crippen LogP contribution in [0.4, 0.5) is 19.1 Å². The van der Waals surface area contributed by atoms with E-state index in [0.29, 0.717) is 12.3 Å². The number of rotatable bonds is 4. The van der Waals surface area contributed by atoms with Crippen molar-refractivity contribution < 1.29 is 27.4 Å². The zero-order chi connectivity index (χ0) is 20.6. The number of hydrogen-bond donors (Lipinski definition) is 1. The lowest BCUT2D eigenvalue weighted by molar-refractivity contribution is -0.143. The predicted octanol–water partition coefficient (Wildman–Crippen LogP) is 3.31. The van der Waals surface area contributed by atoms with Gasteiger partial charge < -0.3 is 14.8 Å². The molecule has 0 amide bonds. The first-order valence-electron chi connectivity index (χ1n) is 9.18. The molecule has 0 radical (unpaired) electrons. The first-order valence-corrected chi connectivity index (χ1v) is 9.18. The SMILES string of the molecule is CC1=C(C(=O)OC[C@@H]2CCCO2)[C@@H](c2ccccc2C(F)(F)F)n2ncnc2N1. The number of nitrogens with zero attached hydrogens (tertiary/aromatic N) is 3. The maximum Gasteiger partial charge on any atom is 0.416 e. The van der Waals surface area contributed by atoms with E-state index in [1.807, 2.05) is 0 Å². The summed E-state index contributed by atoms with van der Waals surface area (Å²) in [6.45, 7) is 2.26. The van der Waals surface area contributed by atoms with E-state index in [-0.39, 0.29) is 29.8 Å². The second kappa shape index (κ2) is 7.51. The smallest absolute Gasteiger partial charge is 0.416 e. The number of ether oxygens (including phenoxy) is 2. The van der Waals surface area contributed by atoms with Gasteiger partial charge >= 0.3 is 12.1 Å². The predicted molar refractivity (Wildman–Crippen MR) is 95.9 cm³/mol. The number of anilines is 1. The Kier molecular flexibility index (Phi) is 5.03. The average Bonchev–Trinajstić information content (AvgIpc) is 3.36. The molecule has 0 spiro atoms. The van der Waals surface area contributed by atoms with Gasteiger partial charge in [0, 0.05) is 12.3 Å². The van der Waals surface area contributed by atoms with E-state index in [1.165, 1.54) is 29.2 Å². The highest BCUT2D eigenvalue weighted by Gasteiger charge is 2.41. The standard InChI is InChI=1S/C19H19F3N4O3/c1-11-15(17(27)29-9-12-5-4-8-28-12)16(26-18(25-11)23-10-24-26)13-6-2-3-7-14(13)19(20,21)22/h2-3,6-7,10,12,16H,4-5,8-9H2,1H3,(H,23,24,25)/t12-,16+/m0/s1. The zero-order valence-electron chi connectivity index (χ0n) is 15.6. The highest BCUT2D eigenvalue weighted by Crippen LogP contribution is 2.41. The third kappa shape index (κ3) is 3.71. The van der Waals surface area contributed by atoms with E-state index >= 15 is 0 Å². The Morgan fingerprint density at radius 2 is 2.17 bits per heavy atom. The van der Waals surface area contributed by atoms with Gasteiger partial charge in [-0.15, -0.1) is 0 Å². The normalized spacial score (nSPS) is 21.7. The van der Waals surface area contributed by atoms with Gasteiger partial charge in [-0.1, -0.05) is 18.2 Å². The minimum Gasteiger partial charge on any atom is -0.459 e. The highest BCUT2D eigenvalue weighted by atomic mass is 19.4. The fourth-order valence-corrected chi connectivity index (χ4v) is 3.66. The van der Waals surface area contributed by atoms with Gasteiger partial charge in [0.2, 0.25) is 5.95 Å². The van der Waals surface area contributed by atoms with Crippen LogP contribution >= 0.6 is 0 Å². The molecule has 10 heteroatoms. The molecular weight excluding hydrogens is 389 g/mol. The third-order valence-corrected chi connectivity index (χ3v) is 5.00. The van der Waals surface area contributed by atoms with E-state index in [4.69, 9.17) is 9.47 Å². The summed E-state index contributed by atoms with van der Waals surface area (Å²) in [5.41, 5.74) is -0.523. The third-order valence-electron chi connectivity index (χ3n) is 5.00. The summed E-state index contributed by atoms with van der Waals surface area (Å²) in [5, 5.41) is 6.96. The quantitative estimate of drug-likeness (QED) is 0.783. The molecule has 3 heterocycles. The number of carbonyl (C=O) groups is 1. The fourth-order valence-electron chi connectivity index (χ4n) is 3.66. The molecule has 0 saturated carbocycles. The molecule has 1 fully saturated rings. The summed E-state index contributed by atoms with van der Waals surface area (Å²) in [5.74, 6) is -0.464. The highest BCUT2D eigenvalue weighted by molar-refractivity contribution is 5.92. The van der Waals surface area contributed by atoms with Crippen molar-refractivity contribution in [1.29, 1.82) is 0 Å². The summed E-state index contributed by atoms with van der Waals surface area (Å²) in [7, 11) is 0. The molecule has 2 aromatic rings.